The van der Waals surface area contributed by atoms with E-state index < -0.39 is 10.0 Å². The summed E-state index contributed by atoms with van der Waals surface area (Å²) >= 11 is 6.13. The van der Waals surface area contributed by atoms with Crippen LogP contribution in [0.4, 0.5) is 5.69 Å². The van der Waals surface area contributed by atoms with E-state index in [-0.39, 0.29) is 17.3 Å². The molecule has 1 aliphatic heterocycles. The third kappa shape index (κ3) is 4.45. The molecule has 0 atom stereocenters. The molecule has 0 N–H and O–H groups in total. The quantitative estimate of drug-likeness (QED) is 0.757. The number of piperidine rings is 1. The maximum Gasteiger partial charge on any atom is 0.264 e. The Hall–Kier alpha value is -2.05. The predicted molar refractivity (Wildman–Crippen MR) is 108 cm³/mol. The lowest BCUT2D eigenvalue weighted by Crippen LogP contribution is -2.45. The lowest BCUT2D eigenvalue weighted by atomic mass is 10.1. The molecular weight excluding hydrogens is 384 g/mol. The van der Waals surface area contributed by atoms with Gasteiger partial charge in [-0.15, -0.1) is 0 Å². The number of benzene rings is 2. The SMILES string of the molecule is Cc1ccc(Cl)cc1N(CC(=O)N1CCCCC1)S(=O)(=O)c1ccccc1. The van der Waals surface area contributed by atoms with Gasteiger partial charge in [-0.2, -0.15) is 0 Å². The van der Waals surface area contributed by atoms with E-state index in [1.54, 1.807) is 41.3 Å². The van der Waals surface area contributed by atoms with Gasteiger partial charge in [-0.1, -0.05) is 35.9 Å². The summed E-state index contributed by atoms with van der Waals surface area (Å²) < 4.78 is 27.8. The monoisotopic (exact) mass is 406 g/mol. The first kappa shape index (κ1) is 19.7. The van der Waals surface area contributed by atoms with Crippen LogP contribution >= 0.6 is 11.6 Å². The molecule has 1 heterocycles. The van der Waals surface area contributed by atoms with Gasteiger partial charge in [-0.3, -0.25) is 9.10 Å². The number of likely N-dealkylation sites (tertiary alicyclic amines) is 1. The van der Waals surface area contributed by atoms with Gasteiger partial charge in [0, 0.05) is 18.1 Å². The zero-order chi connectivity index (χ0) is 19.4. The van der Waals surface area contributed by atoms with Crippen LogP contribution in [0.1, 0.15) is 24.8 Å². The summed E-state index contributed by atoms with van der Waals surface area (Å²) in [4.78, 5) is 14.7. The molecule has 1 aliphatic rings. The van der Waals surface area contributed by atoms with Crippen molar-refractivity contribution in [2.24, 2.45) is 0 Å². The maximum atomic E-state index is 13.3. The largest absolute Gasteiger partial charge is 0.341 e. The highest BCUT2D eigenvalue weighted by molar-refractivity contribution is 7.92. The van der Waals surface area contributed by atoms with Crippen molar-refractivity contribution in [1.29, 1.82) is 0 Å². The minimum absolute atomic E-state index is 0.149. The van der Waals surface area contributed by atoms with Crippen LogP contribution in [0, 0.1) is 6.92 Å². The summed E-state index contributed by atoms with van der Waals surface area (Å²) in [5.41, 5.74) is 1.17. The Morgan fingerprint density at radius 3 is 2.41 bits per heavy atom. The molecule has 27 heavy (non-hydrogen) atoms. The third-order valence-corrected chi connectivity index (χ3v) is 6.77. The Morgan fingerprint density at radius 1 is 1.07 bits per heavy atom. The summed E-state index contributed by atoms with van der Waals surface area (Å²) in [6, 6.07) is 13.2. The van der Waals surface area contributed by atoms with Crippen LogP contribution in [0.3, 0.4) is 0 Å². The van der Waals surface area contributed by atoms with Crippen molar-refractivity contribution in [3.05, 3.63) is 59.1 Å². The number of hydrogen-bond donors (Lipinski definition) is 0. The first-order chi connectivity index (χ1) is 12.9. The van der Waals surface area contributed by atoms with E-state index in [4.69, 9.17) is 11.6 Å². The van der Waals surface area contributed by atoms with E-state index >= 15 is 0 Å². The smallest absolute Gasteiger partial charge is 0.264 e. The molecule has 7 heteroatoms. The van der Waals surface area contributed by atoms with Gasteiger partial charge < -0.3 is 4.90 Å². The number of aryl methyl sites for hydroxylation is 1. The minimum atomic E-state index is -3.90. The lowest BCUT2D eigenvalue weighted by molar-refractivity contribution is -0.130. The average Bonchev–Trinajstić information content (AvgIpc) is 2.69. The molecule has 3 rings (SSSR count). The van der Waals surface area contributed by atoms with E-state index in [0.29, 0.717) is 23.8 Å². The van der Waals surface area contributed by atoms with Crippen molar-refractivity contribution in [2.75, 3.05) is 23.9 Å². The molecule has 0 saturated carbocycles. The Balaban J connectivity index is 2.01. The first-order valence-electron chi connectivity index (χ1n) is 9.01. The molecule has 144 valence electrons. The maximum absolute atomic E-state index is 13.3. The van der Waals surface area contributed by atoms with Gasteiger partial charge in [0.05, 0.1) is 10.6 Å². The molecule has 1 amide bonds. The van der Waals surface area contributed by atoms with Crippen LogP contribution in [0.25, 0.3) is 0 Å². The number of hydrogen-bond acceptors (Lipinski definition) is 3. The highest BCUT2D eigenvalue weighted by atomic mass is 35.5. The van der Waals surface area contributed by atoms with E-state index in [9.17, 15) is 13.2 Å². The summed E-state index contributed by atoms with van der Waals surface area (Å²) in [6.07, 6.45) is 3.00. The number of carbonyl (C=O) groups excluding carboxylic acids is 1. The van der Waals surface area contributed by atoms with Crippen molar-refractivity contribution < 1.29 is 13.2 Å². The van der Waals surface area contributed by atoms with Gasteiger partial charge in [0.2, 0.25) is 5.91 Å². The Kier molecular flexibility index (Phi) is 6.07. The number of rotatable bonds is 5. The van der Waals surface area contributed by atoms with Gasteiger partial charge in [-0.05, 0) is 56.0 Å². The Labute approximate surface area is 165 Å². The fourth-order valence-corrected chi connectivity index (χ4v) is 4.89. The molecule has 0 bridgehead atoms. The fourth-order valence-electron chi connectivity index (χ4n) is 3.24. The van der Waals surface area contributed by atoms with Crippen LogP contribution in [0.5, 0.6) is 0 Å². The topological polar surface area (TPSA) is 57.7 Å². The van der Waals surface area contributed by atoms with Crippen molar-refractivity contribution in [1.82, 2.24) is 4.90 Å². The number of nitrogens with zero attached hydrogens (tertiary/aromatic N) is 2. The van der Waals surface area contributed by atoms with E-state index in [1.165, 1.54) is 16.4 Å². The molecule has 1 saturated heterocycles. The Morgan fingerprint density at radius 2 is 1.74 bits per heavy atom. The van der Waals surface area contributed by atoms with Crippen molar-refractivity contribution in [3.63, 3.8) is 0 Å². The van der Waals surface area contributed by atoms with E-state index in [1.807, 2.05) is 6.92 Å². The van der Waals surface area contributed by atoms with Gasteiger partial charge in [-0.25, -0.2) is 8.42 Å². The molecule has 0 spiro atoms. The van der Waals surface area contributed by atoms with Gasteiger partial charge in [0.25, 0.3) is 10.0 Å². The molecule has 2 aromatic rings. The van der Waals surface area contributed by atoms with Crippen LogP contribution in [-0.4, -0.2) is 38.9 Å². The normalized spacial score (nSPS) is 14.8. The van der Waals surface area contributed by atoms with Crippen molar-refractivity contribution >= 4 is 33.2 Å². The average molecular weight is 407 g/mol. The summed E-state index contributed by atoms with van der Waals surface area (Å²) in [5.74, 6) is -0.186. The first-order valence-corrected chi connectivity index (χ1v) is 10.8. The fraction of sp³-hybridized carbons (Fsp3) is 0.350. The van der Waals surface area contributed by atoms with Crippen LogP contribution < -0.4 is 4.31 Å². The van der Waals surface area contributed by atoms with Crippen molar-refractivity contribution in [2.45, 2.75) is 31.1 Å². The Bertz CT molecular complexity index is 910. The van der Waals surface area contributed by atoms with Crippen LogP contribution in [0.2, 0.25) is 5.02 Å². The molecule has 0 aliphatic carbocycles. The predicted octanol–water partition coefficient (Wildman–Crippen LogP) is 3.86. The van der Waals surface area contributed by atoms with Gasteiger partial charge in [0.15, 0.2) is 0 Å². The summed E-state index contributed by atoms with van der Waals surface area (Å²) in [6.45, 7) is 2.92. The number of sulfonamides is 1. The highest BCUT2D eigenvalue weighted by Gasteiger charge is 2.30. The second-order valence-corrected chi connectivity index (χ2v) is 9.00. The summed E-state index contributed by atoms with van der Waals surface area (Å²) in [5, 5.41) is 0.425. The van der Waals surface area contributed by atoms with Gasteiger partial charge in [0.1, 0.15) is 6.54 Å². The molecule has 0 aromatic heterocycles. The van der Waals surface area contributed by atoms with Crippen LogP contribution in [-0.2, 0) is 14.8 Å². The van der Waals surface area contributed by atoms with Crippen LogP contribution in [0.15, 0.2) is 53.4 Å². The molecule has 1 fully saturated rings. The van der Waals surface area contributed by atoms with E-state index in [2.05, 4.69) is 0 Å². The lowest BCUT2D eigenvalue weighted by Gasteiger charge is -2.31. The zero-order valence-corrected chi connectivity index (χ0v) is 16.8. The molecule has 0 unspecified atom stereocenters. The number of amides is 1. The molecule has 0 radical (unpaired) electrons. The second-order valence-electron chi connectivity index (χ2n) is 6.70. The zero-order valence-electron chi connectivity index (χ0n) is 15.3. The highest BCUT2D eigenvalue weighted by Crippen LogP contribution is 2.29. The molecule has 2 aromatic carbocycles. The minimum Gasteiger partial charge on any atom is -0.341 e. The molecular formula is C20H23ClN2O3S. The standard InChI is InChI=1S/C20H23ClN2O3S/c1-16-10-11-17(21)14-19(16)23(15-20(24)22-12-6-3-7-13-22)27(25,26)18-8-4-2-5-9-18/h2,4-5,8-11,14H,3,6-7,12-13,15H2,1H3. The number of halogens is 1. The van der Waals surface area contributed by atoms with Gasteiger partial charge >= 0.3 is 0 Å². The number of carbonyl (C=O) groups is 1. The van der Waals surface area contributed by atoms with E-state index in [0.717, 1.165) is 24.8 Å². The van der Waals surface area contributed by atoms with Crippen molar-refractivity contribution in [3.8, 4) is 0 Å². The number of anilines is 1. The molecule has 5 nitrogen and oxygen atoms in total. The second kappa shape index (κ2) is 8.31. The summed E-state index contributed by atoms with van der Waals surface area (Å²) in [7, 11) is -3.90. The third-order valence-electron chi connectivity index (χ3n) is 4.76.